The summed E-state index contributed by atoms with van der Waals surface area (Å²) in [5.41, 5.74) is 3.09. The average molecular weight is 383 g/mol. The minimum absolute atomic E-state index is 0.0340. The highest BCUT2D eigenvalue weighted by Crippen LogP contribution is 2.30. The third-order valence-electron chi connectivity index (χ3n) is 6.33. The molecular weight excluding hydrogens is 347 g/mol. The summed E-state index contributed by atoms with van der Waals surface area (Å²) in [6.45, 7) is 4.47. The van der Waals surface area contributed by atoms with Crippen molar-refractivity contribution in [1.82, 2.24) is 0 Å². The van der Waals surface area contributed by atoms with Crippen LogP contribution in [0.25, 0.3) is 11.1 Å². The zero-order valence-corrected chi connectivity index (χ0v) is 18.3. The first-order valence-electron chi connectivity index (χ1n) is 11.1. The minimum Gasteiger partial charge on any atom is -0.206 e. The van der Waals surface area contributed by atoms with Gasteiger partial charge in [0.15, 0.2) is 0 Å². The maximum atomic E-state index is 14.8. The molecule has 0 nitrogen and oxygen atoms in total. The molecule has 0 amide bonds. The lowest BCUT2D eigenvalue weighted by Gasteiger charge is -2.28. The van der Waals surface area contributed by atoms with Gasteiger partial charge in [0.2, 0.25) is 0 Å². The topological polar surface area (TPSA) is 0 Å². The molecule has 0 aliphatic carbocycles. The van der Waals surface area contributed by atoms with Gasteiger partial charge in [-0.15, -0.1) is 0 Å². The first-order valence-corrected chi connectivity index (χ1v) is 13.3. The molecule has 0 aromatic heterocycles. The van der Waals surface area contributed by atoms with Crippen LogP contribution in [0.3, 0.4) is 0 Å². The molecule has 0 N–H and O–H groups in total. The molecule has 27 heavy (non-hydrogen) atoms. The van der Waals surface area contributed by atoms with Gasteiger partial charge in [0.1, 0.15) is 5.82 Å². The van der Waals surface area contributed by atoms with Crippen molar-refractivity contribution < 1.29 is 4.39 Å². The Morgan fingerprint density at radius 2 is 1.67 bits per heavy atom. The van der Waals surface area contributed by atoms with E-state index in [0.717, 1.165) is 29.9 Å². The van der Waals surface area contributed by atoms with E-state index in [0.29, 0.717) is 0 Å². The number of aryl methyl sites for hydroxylation is 1. The first kappa shape index (κ1) is 20.3. The summed E-state index contributed by atoms with van der Waals surface area (Å²) in [5, 5.41) is 1.34. The summed E-state index contributed by atoms with van der Waals surface area (Å²) < 4.78 is 14.8. The number of hydrogen-bond acceptors (Lipinski definition) is 0. The van der Waals surface area contributed by atoms with E-state index < -0.39 is 8.80 Å². The van der Waals surface area contributed by atoms with Crippen LogP contribution in [0.1, 0.15) is 64.4 Å². The van der Waals surface area contributed by atoms with Crippen LogP contribution in [0.4, 0.5) is 4.39 Å². The standard InChI is InChI=1S/C25H35FSi/c1-3-5-6-8-21-15-17-27(18-16-21)23-13-14-24(25(26)19-23)22-11-9-20(7-4-2)10-12-22/h9-14,19,21,27H,3-8,15-18H2,1-2H3/t21-,27-. The van der Waals surface area contributed by atoms with Gasteiger partial charge >= 0.3 is 0 Å². The molecule has 2 heteroatoms. The van der Waals surface area contributed by atoms with Gasteiger partial charge in [-0.2, -0.15) is 0 Å². The van der Waals surface area contributed by atoms with Crippen LogP contribution < -0.4 is 5.19 Å². The largest absolute Gasteiger partial charge is 0.206 e. The van der Waals surface area contributed by atoms with Crippen molar-refractivity contribution in [3.63, 3.8) is 0 Å². The number of halogens is 1. The second-order valence-electron chi connectivity index (χ2n) is 8.40. The van der Waals surface area contributed by atoms with Crippen molar-refractivity contribution in [3.05, 3.63) is 53.8 Å². The van der Waals surface area contributed by atoms with E-state index in [1.54, 1.807) is 0 Å². The van der Waals surface area contributed by atoms with Crippen LogP contribution >= 0.6 is 0 Å². The summed E-state index contributed by atoms with van der Waals surface area (Å²) in [6, 6.07) is 17.3. The normalized spacial score (nSPS) is 20.0. The van der Waals surface area contributed by atoms with Gasteiger partial charge in [-0.1, -0.05) is 112 Å². The van der Waals surface area contributed by atoms with Gasteiger partial charge in [-0.3, -0.25) is 0 Å². The van der Waals surface area contributed by atoms with Crippen molar-refractivity contribution in [2.75, 3.05) is 0 Å². The summed E-state index contributed by atoms with van der Waals surface area (Å²) in [4.78, 5) is 0. The number of hydrogen-bond donors (Lipinski definition) is 0. The van der Waals surface area contributed by atoms with E-state index in [-0.39, 0.29) is 5.82 Å². The Morgan fingerprint density at radius 1 is 0.926 bits per heavy atom. The molecule has 0 saturated carbocycles. The molecule has 1 aliphatic heterocycles. The molecule has 1 aliphatic rings. The van der Waals surface area contributed by atoms with Gasteiger partial charge in [0.05, 0.1) is 8.80 Å². The molecule has 1 saturated heterocycles. The van der Waals surface area contributed by atoms with Crippen LogP contribution in [-0.4, -0.2) is 8.80 Å². The predicted octanol–water partition coefficient (Wildman–Crippen LogP) is 6.87. The summed E-state index contributed by atoms with van der Waals surface area (Å²) in [6.07, 6.45) is 10.5. The molecule has 2 aromatic rings. The van der Waals surface area contributed by atoms with Gasteiger partial charge in [-0.05, 0) is 29.5 Å². The number of benzene rings is 2. The maximum absolute atomic E-state index is 14.8. The fourth-order valence-electron chi connectivity index (χ4n) is 4.63. The number of unbranched alkanes of at least 4 members (excludes halogenated alkanes) is 2. The van der Waals surface area contributed by atoms with Crippen molar-refractivity contribution in [3.8, 4) is 11.1 Å². The molecule has 0 unspecified atom stereocenters. The molecule has 3 rings (SSSR count). The van der Waals surface area contributed by atoms with E-state index in [9.17, 15) is 4.39 Å². The highest BCUT2D eigenvalue weighted by atomic mass is 28.3. The zero-order chi connectivity index (χ0) is 19.1. The van der Waals surface area contributed by atoms with E-state index in [4.69, 9.17) is 0 Å². The molecule has 1 fully saturated rings. The van der Waals surface area contributed by atoms with E-state index in [1.807, 2.05) is 12.1 Å². The fraction of sp³-hybridized carbons (Fsp3) is 0.520. The van der Waals surface area contributed by atoms with Crippen LogP contribution in [0.15, 0.2) is 42.5 Å². The van der Waals surface area contributed by atoms with Gasteiger partial charge in [-0.25, -0.2) is 4.39 Å². The molecule has 0 radical (unpaired) electrons. The summed E-state index contributed by atoms with van der Waals surface area (Å²) in [5.74, 6) is 0.902. The zero-order valence-electron chi connectivity index (χ0n) is 17.1. The van der Waals surface area contributed by atoms with Gasteiger partial charge < -0.3 is 0 Å². The maximum Gasteiger partial charge on any atom is 0.130 e. The van der Waals surface area contributed by atoms with Crippen LogP contribution in [0.5, 0.6) is 0 Å². The molecule has 1 heterocycles. The smallest absolute Gasteiger partial charge is 0.130 e. The van der Waals surface area contributed by atoms with E-state index in [1.165, 1.54) is 61.4 Å². The average Bonchev–Trinajstić information content (AvgIpc) is 2.70. The third-order valence-corrected chi connectivity index (χ3v) is 9.69. The second kappa shape index (κ2) is 10.2. The van der Waals surface area contributed by atoms with Crippen molar-refractivity contribution >= 4 is 14.0 Å². The quantitative estimate of drug-likeness (QED) is 0.345. The van der Waals surface area contributed by atoms with E-state index in [2.05, 4.69) is 44.2 Å². The Labute approximate surface area is 166 Å². The van der Waals surface area contributed by atoms with E-state index >= 15 is 0 Å². The second-order valence-corrected chi connectivity index (χ2v) is 11.6. The molecule has 0 spiro atoms. The fourth-order valence-corrected chi connectivity index (χ4v) is 8.08. The minimum atomic E-state index is -0.964. The monoisotopic (exact) mass is 382 g/mol. The Bertz CT molecular complexity index is 699. The van der Waals surface area contributed by atoms with Crippen LogP contribution in [0.2, 0.25) is 12.1 Å². The molecule has 2 aromatic carbocycles. The summed E-state index contributed by atoms with van der Waals surface area (Å²) in [7, 11) is -0.964. The molecule has 0 atom stereocenters. The lowest BCUT2D eigenvalue weighted by molar-refractivity contribution is 0.418. The number of rotatable bonds is 8. The van der Waals surface area contributed by atoms with Crippen LogP contribution in [0, 0.1) is 11.7 Å². The van der Waals surface area contributed by atoms with Gasteiger partial charge in [0, 0.05) is 5.56 Å². The third kappa shape index (κ3) is 5.54. The SMILES string of the molecule is CCCCC[C@H]1CC[Si@H](c2ccc(-c3ccc(CCC)cc3)c(F)c2)CC1. The lowest BCUT2D eigenvalue weighted by Crippen LogP contribution is -2.34. The Balaban J connectivity index is 1.61. The predicted molar refractivity (Wildman–Crippen MR) is 119 cm³/mol. The van der Waals surface area contributed by atoms with Crippen molar-refractivity contribution in [2.24, 2.45) is 5.92 Å². The Morgan fingerprint density at radius 3 is 2.30 bits per heavy atom. The van der Waals surface area contributed by atoms with Crippen molar-refractivity contribution in [2.45, 2.75) is 77.3 Å². The lowest BCUT2D eigenvalue weighted by atomic mass is 9.96. The van der Waals surface area contributed by atoms with Crippen molar-refractivity contribution in [1.29, 1.82) is 0 Å². The summed E-state index contributed by atoms with van der Waals surface area (Å²) >= 11 is 0. The highest BCUT2D eigenvalue weighted by molar-refractivity contribution is 6.73. The Hall–Kier alpha value is -1.41. The first-order chi connectivity index (χ1) is 13.2. The Kier molecular flexibility index (Phi) is 7.69. The molecular formula is C25H35FSi. The highest BCUT2D eigenvalue weighted by Gasteiger charge is 2.24. The van der Waals surface area contributed by atoms with Gasteiger partial charge in [0.25, 0.3) is 0 Å². The molecule has 146 valence electrons. The molecule has 0 bridgehead atoms. The van der Waals surface area contributed by atoms with Crippen LogP contribution in [-0.2, 0) is 6.42 Å².